The number of nitrogens with one attached hydrogen (secondary N) is 1. The van der Waals surface area contributed by atoms with Gasteiger partial charge >= 0.3 is 0 Å². The number of aliphatic hydroxyl groups excluding tert-OH is 1. The van der Waals surface area contributed by atoms with E-state index >= 15 is 0 Å². The van der Waals surface area contributed by atoms with Gasteiger partial charge in [-0.3, -0.25) is 0 Å². The van der Waals surface area contributed by atoms with Crippen molar-refractivity contribution in [1.29, 1.82) is 0 Å². The van der Waals surface area contributed by atoms with Crippen molar-refractivity contribution in [3.63, 3.8) is 0 Å². The van der Waals surface area contributed by atoms with Crippen LogP contribution in [-0.4, -0.2) is 30.7 Å². The first-order valence-electron chi connectivity index (χ1n) is 5.66. The molecule has 0 bridgehead atoms. The van der Waals surface area contributed by atoms with Gasteiger partial charge in [-0.1, -0.05) is 37.0 Å². The maximum Gasteiger partial charge on any atom is 0.242 e. The zero-order valence-corrected chi connectivity index (χ0v) is 12.7. The average molecular weight is 325 g/mol. The Hall–Kier alpha value is -0.400. The van der Waals surface area contributed by atoms with E-state index in [1.54, 1.807) is 13.8 Å². The summed E-state index contributed by atoms with van der Waals surface area (Å²) < 4.78 is 26.9. The van der Waals surface area contributed by atoms with E-state index < -0.39 is 21.5 Å². The van der Waals surface area contributed by atoms with Crippen LogP contribution < -0.4 is 4.72 Å². The third-order valence-corrected chi connectivity index (χ3v) is 5.72. The molecule has 0 spiro atoms. The molecular formula is C11H14Cl2N2O3S. The van der Waals surface area contributed by atoms with Crippen LogP contribution >= 0.6 is 23.2 Å². The zero-order valence-electron chi connectivity index (χ0n) is 10.4. The molecule has 0 amide bonds. The Morgan fingerprint density at radius 1 is 1.47 bits per heavy atom. The number of sulfonamides is 1. The van der Waals surface area contributed by atoms with Crippen molar-refractivity contribution in [2.75, 3.05) is 0 Å². The van der Waals surface area contributed by atoms with Crippen molar-refractivity contribution in [3.05, 3.63) is 22.4 Å². The quantitative estimate of drug-likeness (QED) is 0.831. The SMILES string of the molecule is CC1(C)C(O)CC1NS(=O)(=O)c1cnc(Cl)c(Cl)c1. The van der Waals surface area contributed by atoms with Crippen molar-refractivity contribution in [3.8, 4) is 0 Å². The van der Waals surface area contributed by atoms with Crippen LogP contribution in [-0.2, 0) is 10.0 Å². The summed E-state index contributed by atoms with van der Waals surface area (Å²) in [5.41, 5.74) is -0.489. The van der Waals surface area contributed by atoms with Gasteiger partial charge in [-0.05, 0) is 12.5 Å². The van der Waals surface area contributed by atoms with Gasteiger partial charge in [0.05, 0.1) is 11.1 Å². The molecule has 1 fully saturated rings. The second-order valence-corrected chi connectivity index (χ2v) is 7.67. The van der Waals surface area contributed by atoms with E-state index in [2.05, 4.69) is 9.71 Å². The van der Waals surface area contributed by atoms with E-state index in [-0.39, 0.29) is 21.1 Å². The molecule has 1 heterocycles. The van der Waals surface area contributed by atoms with E-state index in [1.165, 1.54) is 6.07 Å². The van der Waals surface area contributed by atoms with Crippen LogP contribution in [0.5, 0.6) is 0 Å². The lowest BCUT2D eigenvalue weighted by atomic mass is 9.65. The molecule has 2 rings (SSSR count). The third-order valence-electron chi connectivity index (χ3n) is 3.59. The third kappa shape index (κ3) is 2.73. The topological polar surface area (TPSA) is 79.3 Å². The summed E-state index contributed by atoms with van der Waals surface area (Å²) >= 11 is 11.4. The fourth-order valence-electron chi connectivity index (χ4n) is 1.91. The zero-order chi connectivity index (χ0) is 14.4. The molecule has 106 valence electrons. The van der Waals surface area contributed by atoms with E-state index in [9.17, 15) is 13.5 Å². The maximum absolute atomic E-state index is 12.2. The highest BCUT2D eigenvalue weighted by Gasteiger charge is 2.48. The molecule has 1 aromatic rings. The summed E-state index contributed by atoms with van der Waals surface area (Å²) in [6, 6.07) is 0.934. The number of aromatic nitrogens is 1. The number of nitrogens with zero attached hydrogens (tertiary/aromatic N) is 1. The molecule has 8 heteroatoms. The molecule has 2 atom stereocenters. The average Bonchev–Trinajstić information content (AvgIpc) is 2.32. The first-order valence-corrected chi connectivity index (χ1v) is 7.90. The highest BCUT2D eigenvalue weighted by atomic mass is 35.5. The van der Waals surface area contributed by atoms with Crippen LogP contribution in [0.4, 0.5) is 0 Å². The van der Waals surface area contributed by atoms with Crippen LogP contribution in [0, 0.1) is 5.41 Å². The minimum atomic E-state index is -3.72. The van der Waals surface area contributed by atoms with Gasteiger partial charge in [0.15, 0.2) is 0 Å². The molecule has 1 aliphatic carbocycles. The molecule has 0 saturated heterocycles. The lowest BCUT2D eigenvalue weighted by Crippen LogP contribution is -2.61. The first-order chi connectivity index (χ1) is 8.64. The Labute approximate surface area is 122 Å². The molecule has 0 radical (unpaired) electrons. The maximum atomic E-state index is 12.2. The molecule has 1 aromatic heterocycles. The Kier molecular flexibility index (Phi) is 3.83. The summed E-state index contributed by atoms with van der Waals surface area (Å²) in [5.74, 6) is 0. The number of rotatable bonds is 3. The van der Waals surface area contributed by atoms with Crippen molar-refractivity contribution >= 4 is 33.2 Å². The predicted molar refractivity (Wildman–Crippen MR) is 72.8 cm³/mol. The van der Waals surface area contributed by atoms with Gasteiger partial charge < -0.3 is 5.11 Å². The number of hydrogen-bond donors (Lipinski definition) is 2. The van der Waals surface area contributed by atoms with Crippen LogP contribution in [0.15, 0.2) is 17.2 Å². The standard InChI is InChI=1S/C11H14Cl2N2O3S/c1-11(2)8(4-9(11)16)15-19(17,18)6-3-7(12)10(13)14-5-6/h3,5,8-9,15-16H,4H2,1-2H3. The minimum Gasteiger partial charge on any atom is -0.392 e. The second-order valence-electron chi connectivity index (χ2n) is 5.19. The number of aliphatic hydroxyl groups is 1. The Morgan fingerprint density at radius 3 is 2.58 bits per heavy atom. The molecule has 1 saturated carbocycles. The summed E-state index contributed by atoms with van der Waals surface area (Å²) in [6.07, 6.45) is 1.03. The normalized spacial score (nSPS) is 25.9. The highest BCUT2D eigenvalue weighted by molar-refractivity contribution is 7.89. The van der Waals surface area contributed by atoms with Gasteiger partial charge in [0.1, 0.15) is 10.0 Å². The molecular weight excluding hydrogens is 311 g/mol. The molecule has 0 aliphatic heterocycles. The lowest BCUT2D eigenvalue weighted by Gasteiger charge is -2.49. The van der Waals surface area contributed by atoms with Crippen LogP contribution in [0.25, 0.3) is 0 Å². The molecule has 1 aliphatic rings. The molecule has 19 heavy (non-hydrogen) atoms. The van der Waals surface area contributed by atoms with Crippen molar-refractivity contribution in [2.45, 2.75) is 37.3 Å². The largest absolute Gasteiger partial charge is 0.392 e. The fraction of sp³-hybridized carbons (Fsp3) is 0.545. The van der Waals surface area contributed by atoms with Gasteiger partial charge in [0.25, 0.3) is 0 Å². The number of hydrogen-bond acceptors (Lipinski definition) is 4. The van der Waals surface area contributed by atoms with E-state index in [0.29, 0.717) is 6.42 Å². The predicted octanol–water partition coefficient (Wildman–Crippen LogP) is 1.83. The van der Waals surface area contributed by atoms with E-state index in [0.717, 1.165) is 6.20 Å². The fourth-order valence-corrected chi connectivity index (χ4v) is 3.62. The number of halogens is 2. The van der Waals surface area contributed by atoms with Crippen LogP contribution in [0.1, 0.15) is 20.3 Å². The van der Waals surface area contributed by atoms with Gasteiger partial charge in [0.2, 0.25) is 10.0 Å². The van der Waals surface area contributed by atoms with Gasteiger partial charge in [-0.2, -0.15) is 0 Å². The Morgan fingerprint density at radius 2 is 2.11 bits per heavy atom. The molecule has 2 N–H and O–H groups in total. The summed E-state index contributed by atoms with van der Waals surface area (Å²) in [6.45, 7) is 3.61. The lowest BCUT2D eigenvalue weighted by molar-refractivity contribution is -0.0645. The smallest absolute Gasteiger partial charge is 0.242 e. The van der Waals surface area contributed by atoms with Crippen molar-refractivity contribution in [1.82, 2.24) is 9.71 Å². The Balaban J connectivity index is 2.22. The highest BCUT2D eigenvalue weighted by Crippen LogP contribution is 2.41. The van der Waals surface area contributed by atoms with Crippen LogP contribution in [0.2, 0.25) is 10.2 Å². The minimum absolute atomic E-state index is 0.0425. The summed E-state index contributed by atoms with van der Waals surface area (Å²) in [7, 11) is -3.72. The van der Waals surface area contributed by atoms with Crippen molar-refractivity contribution < 1.29 is 13.5 Å². The van der Waals surface area contributed by atoms with Gasteiger partial charge in [-0.25, -0.2) is 18.1 Å². The van der Waals surface area contributed by atoms with Crippen LogP contribution in [0.3, 0.4) is 0 Å². The molecule has 5 nitrogen and oxygen atoms in total. The van der Waals surface area contributed by atoms with E-state index in [1.807, 2.05) is 0 Å². The molecule has 2 unspecified atom stereocenters. The molecule has 0 aromatic carbocycles. The monoisotopic (exact) mass is 324 g/mol. The Bertz CT molecular complexity index is 604. The summed E-state index contributed by atoms with van der Waals surface area (Å²) in [4.78, 5) is 3.67. The number of pyridine rings is 1. The van der Waals surface area contributed by atoms with Gasteiger partial charge in [-0.15, -0.1) is 0 Å². The summed E-state index contributed by atoms with van der Waals surface area (Å²) in [5, 5.41) is 9.74. The first kappa shape index (κ1) is 15.0. The second kappa shape index (κ2) is 4.86. The van der Waals surface area contributed by atoms with Crippen molar-refractivity contribution in [2.24, 2.45) is 5.41 Å². The van der Waals surface area contributed by atoms with E-state index in [4.69, 9.17) is 23.2 Å². The van der Waals surface area contributed by atoms with Gasteiger partial charge in [0, 0.05) is 17.7 Å².